The third-order valence-electron chi connectivity index (χ3n) is 0. The average Bonchev–Trinajstić information content (AvgIpc) is 0.811. The molecule has 0 unspecified atom stereocenters. The van der Waals surface area contributed by atoms with Crippen molar-refractivity contribution in [2.75, 3.05) is 0 Å². The van der Waals surface area contributed by atoms with Gasteiger partial charge in [-0.05, 0) is 4.20 Å². The first-order chi connectivity index (χ1) is 1.73. The van der Waals surface area contributed by atoms with Crippen molar-refractivity contribution in [1.82, 2.24) is 0 Å². The lowest BCUT2D eigenvalue weighted by molar-refractivity contribution is -1.63. The summed E-state index contributed by atoms with van der Waals surface area (Å²) in [5, 5.41) is 0. The van der Waals surface area contributed by atoms with E-state index >= 15 is 0 Å². The van der Waals surface area contributed by atoms with E-state index in [1.54, 1.807) is 0 Å². The zero-order valence-electron chi connectivity index (χ0n) is 2.14. The van der Waals surface area contributed by atoms with Crippen LogP contribution < -0.4 is 8.40 Å². The van der Waals surface area contributed by atoms with Gasteiger partial charge in [-0.1, -0.05) is 0 Å². The molecule has 0 aliphatic rings. The van der Waals surface area contributed by atoms with Crippen LogP contribution in [0.25, 0.3) is 0 Å². The zero-order chi connectivity index (χ0) is 3.58. The summed E-state index contributed by atoms with van der Waals surface area (Å²) in [7, 11) is 0. The Morgan fingerprint density at radius 1 is 1.40 bits per heavy atom. The van der Waals surface area contributed by atoms with Gasteiger partial charge >= 0.3 is 14.8 Å². The molecule has 34 valence electrons. The van der Waals surface area contributed by atoms with Crippen LogP contribution >= 0.6 is 0 Å². The highest BCUT2D eigenvalue weighted by atomic mass is 80.0. The van der Waals surface area contributed by atoms with Crippen molar-refractivity contribution in [3.8, 4) is 0 Å². The topological polar surface area (TPSA) is 97.9 Å². The molecule has 0 amide bonds. The van der Waals surface area contributed by atoms with Crippen LogP contribution in [-0.4, -0.2) is 9.67 Å². The Bertz CT molecular complexity index is 8.36. The van der Waals surface area contributed by atoms with Gasteiger partial charge in [0.25, 0.3) is 0 Å². The summed E-state index contributed by atoms with van der Waals surface area (Å²) >= 11 is -3.40. The molecule has 0 aliphatic heterocycles. The highest BCUT2D eigenvalue weighted by Crippen LogP contribution is 1.38. The predicted octanol–water partition coefficient (Wildman–Crippen LogP) is -3.76. The number of hydrogen-bond acceptors (Lipinski definition) is 3. The maximum absolute atomic E-state index is 8.63. The SMILES string of the molecule is O.[O-][Br+2]([O-])O. The van der Waals surface area contributed by atoms with Crippen LogP contribution in [0.4, 0.5) is 0 Å². The normalized spacial score (nSPS) is 7.20. The summed E-state index contributed by atoms with van der Waals surface area (Å²) in [5.41, 5.74) is 0. The van der Waals surface area contributed by atoms with Gasteiger partial charge in [-0.15, -0.1) is 0 Å². The first-order valence-corrected chi connectivity index (χ1v) is 2.48. The highest BCUT2D eigenvalue weighted by molar-refractivity contribution is 1.94. The Balaban J connectivity index is 0. The minimum Gasteiger partial charge on any atom is -0.412 e. The van der Waals surface area contributed by atoms with Crippen LogP contribution in [0.5, 0.6) is 0 Å². The largest absolute Gasteiger partial charge is 0.433 e. The zero-order valence-corrected chi connectivity index (χ0v) is 3.73. The van der Waals surface area contributed by atoms with Crippen molar-refractivity contribution >= 4 is 0 Å². The van der Waals surface area contributed by atoms with Gasteiger partial charge in [-0.3, -0.25) is 0 Å². The fourth-order valence-electron chi connectivity index (χ4n) is 0. The van der Waals surface area contributed by atoms with Crippen LogP contribution in [0.1, 0.15) is 0 Å². The molecular formula is H3BrO4. The number of halogens is 1. The van der Waals surface area contributed by atoms with Crippen molar-refractivity contribution < 1.29 is 32.9 Å². The van der Waals surface area contributed by atoms with Gasteiger partial charge in [0, 0.05) is 0 Å². The molecular weight excluding hydrogens is 144 g/mol. The fourth-order valence-corrected chi connectivity index (χ4v) is 0. The molecule has 3 N–H and O–H groups in total. The molecule has 0 rings (SSSR count). The van der Waals surface area contributed by atoms with Gasteiger partial charge in [0.1, 0.15) is 0 Å². The van der Waals surface area contributed by atoms with Crippen LogP contribution in [0, 0.1) is 14.8 Å². The first kappa shape index (κ1) is 9.01. The lowest BCUT2D eigenvalue weighted by Crippen LogP contribution is -2.30. The molecule has 5 heteroatoms. The monoisotopic (exact) mass is 146 g/mol. The van der Waals surface area contributed by atoms with E-state index < -0.39 is 14.8 Å². The lowest BCUT2D eigenvalue weighted by Gasteiger charge is -1.69. The first-order valence-electron chi connectivity index (χ1n) is 0.478. The quantitative estimate of drug-likeness (QED) is 0.380. The third-order valence-corrected chi connectivity index (χ3v) is 0. The van der Waals surface area contributed by atoms with E-state index in [9.17, 15) is 0 Å². The molecule has 0 aliphatic carbocycles. The van der Waals surface area contributed by atoms with Crippen molar-refractivity contribution in [1.29, 1.82) is 0 Å². The summed E-state index contributed by atoms with van der Waals surface area (Å²) in [6, 6.07) is 0. The molecule has 0 saturated carbocycles. The predicted molar refractivity (Wildman–Crippen MR) is 5.83 cm³/mol. The van der Waals surface area contributed by atoms with Crippen LogP contribution in [0.15, 0.2) is 0 Å². The second kappa shape index (κ2) is 4.32. The maximum atomic E-state index is 8.63. The summed E-state index contributed by atoms with van der Waals surface area (Å²) in [6.07, 6.45) is 0. The molecule has 0 atom stereocenters. The van der Waals surface area contributed by atoms with Gasteiger partial charge in [-0.25, -0.2) is 0 Å². The van der Waals surface area contributed by atoms with Gasteiger partial charge in [0.05, 0.1) is 0 Å². The van der Waals surface area contributed by atoms with E-state index in [2.05, 4.69) is 0 Å². The minimum absolute atomic E-state index is 0. The Morgan fingerprint density at radius 3 is 1.40 bits per heavy atom. The smallest absolute Gasteiger partial charge is 0.412 e. The highest BCUT2D eigenvalue weighted by Gasteiger charge is 1.86. The van der Waals surface area contributed by atoms with E-state index in [-0.39, 0.29) is 5.48 Å². The van der Waals surface area contributed by atoms with Crippen molar-refractivity contribution in [3.05, 3.63) is 0 Å². The third kappa shape index (κ3) is 227. The van der Waals surface area contributed by atoms with Crippen LogP contribution in [-0.2, 0) is 0 Å². The minimum atomic E-state index is -3.40. The summed E-state index contributed by atoms with van der Waals surface area (Å²) in [5.74, 6) is 0. The van der Waals surface area contributed by atoms with Crippen LogP contribution in [0.2, 0.25) is 0 Å². The second-order valence-corrected chi connectivity index (χ2v) is 1.04. The van der Waals surface area contributed by atoms with Gasteiger partial charge < -0.3 is 13.9 Å². The van der Waals surface area contributed by atoms with Crippen molar-refractivity contribution in [3.63, 3.8) is 0 Å². The molecule has 0 heterocycles. The Hall–Kier alpha value is 0.320. The number of rotatable bonds is 0. The van der Waals surface area contributed by atoms with Crippen LogP contribution in [0.3, 0.4) is 0 Å². The Labute approximate surface area is 33.8 Å². The van der Waals surface area contributed by atoms with E-state index in [0.29, 0.717) is 0 Å². The van der Waals surface area contributed by atoms with Gasteiger partial charge in [0.2, 0.25) is 0 Å². The van der Waals surface area contributed by atoms with Crippen molar-refractivity contribution in [2.45, 2.75) is 0 Å². The van der Waals surface area contributed by atoms with E-state index in [4.69, 9.17) is 12.6 Å². The lowest BCUT2D eigenvalue weighted by atomic mass is 16.0. The van der Waals surface area contributed by atoms with E-state index in [1.807, 2.05) is 0 Å². The average molecular weight is 147 g/mol. The summed E-state index contributed by atoms with van der Waals surface area (Å²) < 4.78 is 24.3. The molecule has 0 aromatic rings. The maximum Gasteiger partial charge on any atom is 0.433 e. The standard InChI is InChI=1S/BrHO3.H2O/c2-1(3)4;/h2H;1H2. The molecule has 0 fully saturated rings. The second-order valence-electron chi connectivity index (χ2n) is 0.201. The van der Waals surface area contributed by atoms with E-state index in [1.165, 1.54) is 0 Å². The van der Waals surface area contributed by atoms with Gasteiger partial charge in [-0.2, -0.15) is 0 Å². The summed E-state index contributed by atoms with van der Waals surface area (Å²) in [6.45, 7) is 0. The summed E-state index contributed by atoms with van der Waals surface area (Å²) in [4.78, 5) is 0. The Morgan fingerprint density at radius 2 is 1.40 bits per heavy atom. The molecule has 0 spiro atoms. The fraction of sp³-hybridized carbons (Fsp3) is 0. The van der Waals surface area contributed by atoms with Crippen molar-refractivity contribution in [2.24, 2.45) is 0 Å². The van der Waals surface area contributed by atoms with E-state index in [0.717, 1.165) is 0 Å². The molecule has 5 heavy (non-hydrogen) atoms. The molecule has 0 radical (unpaired) electrons. The molecule has 4 nitrogen and oxygen atoms in total. The number of hydrogen-bond donors (Lipinski definition) is 1. The molecule has 0 saturated heterocycles. The molecule has 0 aromatic heterocycles. The Kier molecular flexibility index (Phi) is 7.78. The molecule has 0 bridgehead atoms. The van der Waals surface area contributed by atoms with Gasteiger partial charge in [0.15, 0.2) is 0 Å². The molecule has 0 aromatic carbocycles.